The first kappa shape index (κ1) is 13.9. The van der Waals surface area contributed by atoms with Crippen LogP contribution in [0.5, 0.6) is 11.5 Å². The molecular weight excluding hydrogens is 379 g/mol. The van der Waals surface area contributed by atoms with E-state index in [1.54, 1.807) is 0 Å². The summed E-state index contributed by atoms with van der Waals surface area (Å²) in [5, 5.41) is 0. The van der Waals surface area contributed by atoms with Crippen molar-refractivity contribution >= 4 is 43.5 Å². The van der Waals surface area contributed by atoms with Gasteiger partial charge in [-0.15, -0.1) is 11.6 Å². The van der Waals surface area contributed by atoms with Gasteiger partial charge in [-0.2, -0.15) is 0 Å². The monoisotopic (exact) mass is 388 g/mol. The van der Waals surface area contributed by atoms with E-state index in [1.807, 2.05) is 43.3 Å². The van der Waals surface area contributed by atoms with E-state index in [1.165, 1.54) is 5.56 Å². The predicted molar refractivity (Wildman–Crippen MR) is 82.7 cm³/mol. The minimum atomic E-state index is 0.436. The van der Waals surface area contributed by atoms with Crippen molar-refractivity contribution in [1.29, 1.82) is 0 Å². The predicted octanol–water partition coefficient (Wildman–Crippen LogP) is 6.05. The molecule has 0 radical (unpaired) electrons. The number of hydrogen-bond donors (Lipinski definition) is 0. The Morgan fingerprint density at radius 1 is 1.06 bits per heavy atom. The van der Waals surface area contributed by atoms with Gasteiger partial charge in [0.15, 0.2) is 0 Å². The molecule has 2 aromatic carbocycles. The highest BCUT2D eigenvalue weighted by Gasteiger charge is 2.07. The summed E-state index contributed by atoms with van der Waals surface area (Å²) in [5.74, 6) is 2.00. The molecule has 0 atom stereocenters. The molecule has 0 aliphatic rings. The third-order valence-electron chi connectivity index (χ3n) is 2.47. The molecule has 18 heavy (non-hydrogen) atoms. The smallest absolute Gasteiger partial charge is 0.141 e. The zero-order valence-electron chi connectivity index (χ0n) is 9.71. The van der Waals surface area contributed by atoms with Gasteiger partial charge < -0.3 is 4.74 Å². The van der Waals surface area contributed by atoms with Gasteiger partial charge in [-0.05, 0) is 47.1 Å². The second-order valence-corrected chi connectivity index (χ2v) is 5.96. The molecule has 1 nitrogen and oxygen atoms in total. The van der Waals surface area contributed by atoms with Crippen LogP contribution in [0, 0.1) is 6.92 Å². The van der Waals surface area contributed by atoms with Crippen LogP contribution in [0.1, 0.15) is 11.1 Å². The zero-order valence-corrected chi connectivity index (χ0v) is 13.6. The van der Waals surface area contributed by atoms with E-state index in [4.69, 9.17) is 16.3 Å². The minimum absolute atomic E-state index is 0.436. The molecule has 4 heteroatoms. The lowest BCUT2D eigenvalue weighted by Gasteiger charge is -2.12. The highest BCUT2D eigenvalue weighted by molar-refractivity contribution is 9.11. The van der Waals surface area contributed by atoms with Crippen molar-refractivity contribution in [2.45, 2.75) is 12.8 Å². The molecule has 0 heterocycles. The van der Waals surface area contributed by atoms with Crippen LogP contribution in [0.3, 0.4) is 0 Å². The summed E-state index contributed by atoms with van der Waals surface area (Å²) in [6.45, 7) is 2.04. The summed E-state index contributed by atoms with van der Waals surface area (Å²) in [6, 6.07) is 11.8. The number of benzene rings is 2. The number of ether oxygens (including phenoxy) is 1. The fourth-order valence-electron chi connectivity index (χ4n) is 1.59. The van der Waals surface area contributed by atoms with Crippen LogP contribution < -0.4 is 4.74 Å². The van der Waals surface area contributed by atoms with Crippen molar-refractivity contribution in [2.75, 3.05) is 0 Å². The molecule has 0 bridgehead atoms. The number of hydrogen-bond acceptors (Lipinski definition) is 1. The molecule has 0 unspecified atom stereocenters. The molecule has 0 aliphatic carbocycles. The second kappa shape index (κ2) is 6.09. The first-order valence-electron chi connectivity index (χ1n) is 5.38. The average Bonchev–Trinajstić information content (AvgIpc) is 2.34. The number of alkyl halides is 1. The Morgan fingerprint density at radius 3 is 2.44 bits per heavy atom. The van der Waals surface area contributed by atoms with Crippen molar-refractivity contribution in [2.24, 2.45) is 0 Å². The lowest BCUT2D eigenvalue weighted by molar-refractivity contribution is 0.475. The minimum Gasteiger partial charge on any atom is -0.456 e. The molecular formula is C14H11Br2ClO. The zero-order chi connectivity index (χ0) is 13.1. The van der Waals surface area contributed by atoms with E-state index in [-0.39, 0.29) is 0 Å². The first-order valence-corrected chi connectivity index (χ1v) is 7.50. The maximum atomic E-state index is 5.94. The van der Waals surface area contributed by atoms with Gasteiger partial charge in [0, 0.05) is 10.0 Å². The molecule has 2 aromatic rings. The van der Waals surface area contributed by atoms with Gasteiger partial charge >= 0.3 is 0 Å². The Morgan fingerprint density at radius 2 is 1.78 bits per heavy atom. The van der Waals surface area contributed by atoms with Gasteiger partial charge in [0.1, 0.15) is 11.5 Å². The van der Waals surface area contributed by atoms with Crippen LogP contribution in [0.2, 0.25) is 0 Å². The van der Waals surface area contributed by atoms with Crippen molar-refractivity contribution in [3.05, 3.63) is 56.5 Å². The van der Waals surface area contributed by atoms with Gasteiger partial charge in [0.2, 0.25) is 0 Å². The number of rotatable bonds is 3. The molecule has 0 saturated carbocycles. The summed E-state index contributed by atoms with van der Waals surface area (Å²) in [7, 11) is 0. The highest BCUT2D eigenvalue weighted by atomic mass is 79.9. The molecule has 94 valence electrons. The number of halogens is 3. The van der Waals surface area contributed by atoms with Gasteiger partial charge in [0.05, 0.1) is 10.4 Å². The van der Waals surface area contributed by atoms with Crippen LogP contribution in [-0.2, 0) is 5.88 Å². The van der Waals surface area contributed by atoms with Crippen molar-refractivity contribution < 1.29 is 4.74 Å². The quantitative estimate of drug-likeness (QED) is 0.580. The van der Waals surface area contributed by atoms with Crippen LogP contribution >= 0.6 is 43.5 Å². The average molecular weight is 391 g/mol. The topological polar surface area (TPSA) is 9.23 Å². The summed E-state index contributed by atoms with van der Waals surface area (Å²) in [5.41, 5.74) is 2.17. The van der Waals surface area contributed by atoms with E-state index in [2.05, 4.69) is 31.9 Å². The molecule has 0 saturated heterocycles. The van der Waals surface area contributed by atoms with E-state index in [9.17, 15) is 0 Å². The first-order chi connectivity index (χ1) is 8.60. The van der Waals surface area contributed by atoms with E-state index >= 15 is 0 Å². The summed E-state index contributed by atoms with van der Waals surface area (Å²) >= 11 is 12.8. The maximum absolute atomic E-state index is 5.94. The third kappa shape index (κ3) is 3.28. The fourth-order valence-corrected chi connectivity index (χ4v) is 2.93. The van der Waals surface area contributed by atoms with Crippen LogP contribution in [0.25, 0.3) is 0 Å². The lowest BCUT2D eigenvalue weighted by atomic mass is 10.1. The van der Waals surface area contributed by atoms with Gasteiger partial charge in [0.25, 0.3) is 0 Å². The summed E-state index contributed by atoms with van der Waals surface area (Å²) in [4.78, 5) is 0. The molecule has 0 aliphatic heterocycles. The number of aryl methyl sites for hydroxylation is 1. The van der Waals surface area contributed by atoms with Gasteiger partial charge in [-0.3, -0.25) is 0 Å². The molecule has 2 rings (SSSR count). The summed E-state index contributed by atoms with van der Waals surface area (Å²) in [6.07, 6.45) is 0. The van der Waals surface area contributed by atoms with Crippen LogP contribution in [-0.4, -0.2) is 0 Å². The third-order valence-corrected chi connectivity index (χ3v) is 3.87. The van der Waals surface area contributed by atoms with Crippen LogP contribution in [0.4, 0.5) is 0 Å². The Balaban J connectivity index is 2.33. The molecule has 0 aromatic heterocycles. The Labute approximate surface area is 128 Å². The summed E-state index contributed by atoms with van der Waals surface area (Å²) < 4.78 is 7.79. The molecule has 0 fully saturated rings. The largest absolute Gasteiger partial charge is 0.456 e. The molecule has 0 N–H and O–H groups in total. The Kier molecular flexibility index (Phi) is 4.71. The molecule has 0 amide bonds. The lowest BCUT2D eigenvalue weighted by Crippen LogP contribution is -1.91. The SMILES string of the molecule is Cc1ccc(Oc2ccc(Br)cc2Br)c(CCl)c1. The van der Waals surface area contributed by atoms with Gasteiger partial charge in [-0.25, -0.2) is 0 Å². The highest BCUT2D eigenvalue weighted by Crippen LogP contribution is 2.34. The molecule has 0 spiro atoms. The normalized spacial score (nSPS) is 10.4. The van der Waals surface area contributed by atoms with Crippen molar-refractivity contribution in [3.8, 4) is 11.5 Å². The maximum Gasteiger partial charge on any atom is 0.141 e. The van der Waals surface area contributed by atoms with E-state index in [0.717, 1.165) is 26.0 Å². The van der Waals surface area contributed by atoms with Crippen molar-refractivity contribution in [1.82, 2.24) is 0 Å². The Bertz CT molecular complexity index is 570. The van der Waals surface area contributed by atoms with E-state index in [0.29, 0.717) is 5.88 Å². The van der Waals surface area contributed by atoms with E-state index < -0.39 is 0 Å². The van der Waals surface area contributed by atoms with Crippen LogP contribution in [0.15, 0.2) is 45.3 Å². The standard InChI is InChI=1S/C14H11Br2ClO/c1-9-2-4-13(10(6-9)8-17)18-14-5-3-11(15)7-12(14)16/h2-7H,8H2,1H3. The Hall–Kier alpha value is -0.510. The second-order valence-electron chi connectivity index (χ2n) is 3.92. The van der Waals surface area contributed by atoms with Crippen molar-refractivity contribution in [3.63, 3.8) is 0 Å². The van der Waals surface area contributed by atoms with Gasteiger partial charge in [-0.1, -0.05) is 33.6 Å². The fraction of sp³-hybridized carbons (Fsp3) is 0.143.